The Morgan fingerprint density at radius 3 is 2.75 bits per heavy atom. The molecule has 0 atom stereocenters. The van der Waals surface area contributed by atoms with Gasteiger partial charge < -0.3 is 0 Å². The fourth-order valence-corrected chi connectivity index (χ4v) is 3.11. The zero-order chi connectivity index (χ0) is 14.6. The van der Waals surface area contributed by atoms with Gasteiger partial charge in [-0.2, -0.15) is 0 Å². The van der Waals surface area contributed by atoms with Crippen LogP contribution in [0.15, 0.2) is 52.1 Å². The molecule has 4 nitrogen and oxygen atoms in total. The molecule has 0 unspecified atom stereocenters. The van der Waals surface area contributed by atoms with E-state index in [2.05, 4.69) is 25.6 Å². The minimum atomic E-state index is -3.46. The number of halogens is 1. The lowest BCUT2D eigenvalue weighted by Crippen LogP contribution is -2.26. The number of nitrogens with one attached hydrogen (secondary N) is 1. The van der Waals surface area contributed by atoms with Crippen LogP contribution in [-0.2, 0) is 16.4 Å². The minimum absolute atomic E-state index is 0.282. The molecule has 0 aliphatic heterocycles. The van der Waals surface area contributed by atoms with Gasteiger partial charge in [-0.25, -0.2) is 13.1 Å². The van der Waals surface area contributed by atoms with Crippen LogP contribution in [0, 0.1) is 6.92 Å². The van der Waals surface area contributed by atoms with Gasteiger partial charge >= 0.3 is 0 Å². The number of aryl methyl sites for hydroxylation is 1. The lowest BCUT2D eigenvalue weighted by Gasteiger charge is -2.08. The first-order valence-electron chi connectivity index (χ1n) is 6.14. The van der Waals surface area contributed by atoms with Crippen LogP contribution >= 0.6 is 15.9 Å². The van der Waals surface area contributed by atoms with Gasteiger partial charge in [-0.1, -0.05) is 22.0 Å². The van der Waals surface area contributed by atoms with Gasteiger partial charge in [0.2, 0.25) is 10.0 Å². The summed E-state index contributed by atoms with van der Waals surface area (Å²) in [6, 6.07) is 8.73. The summed E-state index contributed by atoms with van der Waals surface area (Å²) in [7, 11) is -3.46. The summed E-state index contributed by atoms with van der Waals surface area (Å²) in [5, 5.41) is 0. The Labute approximate surface area is 127 Å². The molecule has 0 radical (unpaired) electrons. The average Bonchev–Trinajstić information content (AvgIpc) is 2.43. The first kappa shape index (κ1) is 15.2. The first-order chi connectivity index (χ1) is 9.49. The molecule has 0 saturated heterocycles. The molecule has 0 aliphatic rings. The summed E-state index contributed by atoms with van der Waals surface area (Å²) < 4.78 is 27.8. The predicted molar refractivity (Wildman–Crippen MR) is 82.0 cm³/mol. The van der Waals surface area contributed by atoms with E-state index in [0.29, 0.717) is 13.0 Å². The van der Waals surface area contributed by atoms with E-state index in [1.54, 1.807) is 30.6 Å². The van der Waals surface area contributed by atoms with Crippen molar-refractivity contribution in [3.05, 3.63) is 58.3 Å². The van der Waals surface area contributed by atoms with Crippen molar-refractivity contribution in [2.75, 3.05) is 6.54 Å². The van der Waals surface area contributed by atoms with Crippen molar-refractivity contribution in [3.63, 3.8) is 0 Å². The van der Waals surface area contributed by atoms with E-state index in [4.69, 9.17) is 0 Å². The number of hydrogen-bond donors (Lipinski definition) is 1. The number of benzene rings is 1. The SMILES string of the molecule is Cc1cc(S(=O)(=O)NCCc2cccnc2)ccc1Br. The highest BCUT2D eigenvalue weighted by Gasteiger charge is 2.14. The molecule has 2 aromatic rings. The molecule has 6 heteroatoms. The quantitative estimate of drug-likeness (QED) is 0.897. The molecule has 1 aromatic carbocycles. The number of aromatic nitrogens is 1. The van der Waals surface area contributed by atoms with Crippen molar-refractivity contribution in [1.29, 1.82) is 0 Å². The molecule has 0 fully saturated rings. The largest absolute Gasteiger partial charge is 0.264 e. The van der Waals surface area contributed by atoms with E-state index >= 15 is 0 Å². The summed E-state index contributed by atoms with van der Waals surface area (Å²) in [6.07, 6.45) is 4.04. The van der Waals surface area contributed by atoms with Crippen LogP contribution in [0.4, 0.5) is 0 Å². The Kier molecular flexibility index (Phi) is 4.91. The number of hydrogen-bond acceptors (Lipinski definition) is 3. The van der Waals surface area contributed by atoms with Crippen molar-refractivity contribution in [2.45, 2.75) is 18.2 Å². The van der Waals surface area contributed by atoms with Gasteiger partial charge in [0.05, 0.1) is 4.90 Å². The second kappa shape index (κ2) is 6.47. The smallest absolute Gasteiger partial charge is 0.240 e. The monoisotopic (exact) mass is 354 g/mol. The van der Waals surface area contributed by atoms with Crippen LogP contribution in [-0.4, -0.2) is 19.9 Å². The van der Waals surface area contributed by atoms with Crippen molar-refractivity contribution in [2.24, 2.45) is 0 Å². The Morgan fingerprint density at radius 1 is 1.30 bits per heavy atom. The molecule has 2 rings (SSSR count). The highest BCUT2D eigenvalue weighted by Crippen LogP contribution is 2.19. The Balaban J connectivity index is 2.02. The molecule has 0 aliphatic carbocycles. The highest BCUT2D eigenvalue weighted by atomic mass is 79.9. The lowest BCUT2D eigenvalue weighted by molar-refractivity contribution is 0.581. The normalized spacial score (nSPS) is 11.5. The van der Waals surface area contributed by atoms with Gasteiger partial charge in [-0.05, 0) is 48.7 Å². The van der Waals surface area contributed by atoms with Crippen molar-refractivity contribution >= 4 is 26.0 Å². The molecule has 1 heterocycles. The Bertz CT molecular complexity index is 688. The van der Waals surface area contributed by atoms with E-state index in [1.807, 2.05) is 19.1 Å². The van der Waals surface area contributed by atoms with E-state index in [0.717, 1.165) is 15.6 Å². The van der Waals surface area contributed by atoms with Crippen LogP contribution in [0.2, 0.25) is 0 Å². The maximum atomic E-state index is 12.1. The fraction of sp³-hybridized carbons (Fsp3) is 0.214. The first-order valence-corrected chi connectivity index (χ1v) is 8.41. The molecule has 20 heavy (non-hydrogen) atoms. The number of nitrogens with zero attached hydrogens (tertiary/aromatic N) is 1. The zero-order valence-corrected chi connectivity index (χ0v) is 13.4. The fourth-order valence-electron chi connectivity index (χ4n) is 1.74. The second-order valence-corrected chi connectivity index (χ2v) is 7.04. The van der Waals surface area contributed by atoms with Gasteiger partial charge in [-0.15, -0.1) is 0 Å². The third-order valence-corrected chi connectivity index (χ3v) is 5.22. The summed E-state index contributed by atoms with van der Waals surface area (Å²) in [5.74, 6) is 0. The van der Waals surface area contributed by atoms with Crippen LogP contribution in [0.3, 0.4) is 0 Å². The molecular formula is C14H15BrN2O2S. The second-order valence-electron chi connectivity index (χ2n) is 4.42. The number of sulfonamides is 1. The Morgan fingerprint density at radius 2 is 2.10 bits per heavy atom. The third kappa shape index (κ3) is 3.88. The Hall–Kier alpha value is -1.24. The molecule has 0 bridgehead atoms. The van der Waals surface area contributed by atoms with Gasteiger partial charge in [0, 0.05) is 23.4 Å². The highest BCUT2D eigenvalue weighted by molar-refractivity contribution is 9.10. The summed E-state index contributed by atoms with van der Waals surface area (Å²) in [6.45, 7) is 2.21. The molecule has 1 aromatic heterocycles. The topological polar surface area (TPSA) is 59.1 Å². The van der Waals surface area contributed by atoms with E-state index in [-0.39, 0.29) is 4.90 Å². The molecular weight excluding hydrogens is 340 g/mol. The van der Waals surface area contributed by atoms with Gasteiger partial charge in [0.1, 0.15) is 0 Å². The molecule has 0 spiro atoms. The molecule has 0 amide bonds. The van der Waals surface area contributed by atoms with Crippen molar-refractivity contribution in [1.82, 2.24) is 9.71 Å². The maximum absolute atomic E-state index is 12.1. The summed E-state index contributed by atoms with van der Waals surface area (Å²) >= 11 is 3.36. The number of pyridine rings is 1. The third-order valence-electron chi connectivity index (χ3n) is 2.87. The van der Waals surface area contributed by atoms with E-state index in [1.165, 1.54) is 0 Å². The van der Waals surface area contributed by atoms with Crippen LogP contribution < -0.4 is 4.72 Å². The minimum Gasteiger partial charge on any atom is -0.264 e. The van der Waals surface area contributed by atoms with Crippen LogP contribution in [0.5, 0.6) is 0 Å². The van der Waals surface area contributed by atoms with Gasteiger partial charge in [0.15, 0.2) is 0 Å². The molecule has 0 saturated carbocycles. The maximum Gasteiger partial charge on any atom is 0.240 e. The van der Waals surface area contributed by atoms with E-state index in [9.17, 15) is 8.42 Å². The van der Waals surface area contributed by atoms with E-state index < -0.39 is 10.0 Å². The van der Waals surface area contributed by atoms with Crippen molar-refractivity contribution < 1.29 is 8.42 Å². The summed E-state index contributed by atoms with van der Waals surface area (Å²) in [5.41, 5.74) is 1.89. The molecule has 106 valence electrons. The number of rotatable bonds is 5. The zero-order valence-electron chi connectivity index (χ0n) is 11.0. The summed E-state index contributed by atoms with van der Waals surface area (Å²) in [4.78, 5) is 4.28. The predicted octanol–water partition coefficient (Wildman–Crippen LogP) is 2.67. The van der Waals surface area contributed by atoms with Crippen molar-refractivity contribution in [3.8, 4) is 0 Å². The lowest BCUT2D eigenvalue weighted by atomic mass is 10.2. The van der Waals surface area contributed by atoms with Crippen LogP contribution in [0.1, 0.15) is 11.1 Å². The van der Waals surface area contributed by atoms with Crippen LogP contribution in [0.25, 0.3) is 0 Å². The van der Waals surface area contributed by atoms with Gasteiger partial charge in [-0.3, -0.25) is 4.98 Å². The standard InChI is InChI=1S/C14H15BrN2O2S/c1-11-9-13(4-5-14(11)15)20(18,19)17-8-6-12-3-2-7-16-10-12/h2-5,7,9-10,17H,6,8H2,1H3. The average molecular weight is 355 g/mol. The van der Waals surface area contributed by atoms with Gasteiger partial charge in [0.25, 0.3) is 0 Å². The molecule has 1 N–H and O–H groups in total.